The van der Waals surface area contributed by atoms with Gasteiger partial charge in [0.05, 0.1) is 0 Å². The van der Waals surface area contributed by atoms with Crippen LogP contribution in [0.2, 0.25) is 0 Å². The van der Waals surface area contributed by atoms with Gasteiger partial charge in [-0.15, -0.1) is 216 Å². The Bertz CT molecular complexity index is 42.4. The van der Waals surface area contributed by atoms with E-state index in [1.165, 1.54) is 0 Å². The van der Waals surface area contributed by atoms with E-state index < -0.39 is 0 Å². The molecule has 0 rings (SSSR count). The third-order valence-corrected chi connectivity index (χ3v) is 0. The van der Waals surface area contributed by atoms with Gasteiger partial charge in [0.25, 0.3) is 0 Å². The van der Waals surface area contributed by atoms with Crippen LogP contribution in [-0.4, -0.2) is 0 Å². The molecule has 0 atom stereocenters. The molecule has 0 aliphatic carbocycles. The number of halogens is 9. The highest BCUT2D eigenvalue weighted by atomic mass is 127. The summed E-state index contributed by atoms with van der Waals surface area (Å²) in [6, 6.07) is 0. The molecule has 0 aromatic rings. The van der Waals surface area contributed by atoms with Crippen molar-refractivity contribution in [3.05, 3.63) is 0 Å². The van der Waals surface area contributed by atoms with E-state index in [1.807, 2.05) is 0 Å². The molecule has 0 unspecified atom stereocenters. The summed E-state index contributed by atoms with van der Waals surface area (Å²) >= 11 is 0. The summed E-state index contributed by atoms with van der Waals surface area (Å²) in [4.78, 5) is 0. The number of rotatable bonds is 0. The average molecular weight is 2550 g/mol. The van der Waals surface area contributed by atoms with Crippen LogP contribution < -0.4 is 504 Å². The highest BCUT2D eigenvalue weighted by Crippen LogP contribution is 0.894. The molecule has 0 amide bonds. The lowest BCUT2D eigenvalue weighted by Crippen LogP contribution is -0.482. The van der Waals surface area contributed by atoms with Gasteiger partial charge in [0.15, 0.2) is 0 Å². The Labute approximate surface area is 713 Å². The van der Waals surface area contributed by atoms with E-state index in [2.05, 4.69) is 0 Å². The third-order valence-electron chi connectivity index (χ3n) is 0. The fourth-order valence-corrected chi connectivity index (χ4v) is 0. The Hall–Kier alpha value is 3.29. The van der Waals surface area contributed by atoms with Crippen molar-refractivity contribution < 1.29 is 0 Å². The molecule has 0 heterocycles. The predicted molar refractivity (Wildman–Crippen MR) is 551 cm³/mol. The highest BCUT2D eigenvalue weighted by Gasteiger charge is -0.0951. The van der Waals surface area contributed by atoms with Crippen molar-refractivity contribution in [3.8, 4) is 0 Å². The number of hydrogen-bond donors (Lipinski definition) is 82. The largest absolute Gasteiger partial charge is 0.344 e. The zero-order valence-corrected chi connectivity index (χ0v) is 82.6. The van der Waals surface area contributed by atoms with Crippen LogP contribution in [0, 0.1) is 0 Å². The van der Waals surface area contributed by atoms with Crippen LogP contribution in [0.25, 0.3) is 0 Å². The maximum atomic E-state index is 0. The molecule has 91 heavy (non-hydrogen) atoms. The fraction of sp³-hybridized carbons (Fsp3) is 0. The Balaban J connectivity index is 0. The van der Waals surface area contributed by atoms with Gasteiger partial charge in [-0.2, -0.15) is 0 Å². The van der Waals surface area contributed by atoms with E-state index >= 15 is 0 Å². The van der Waals surface area contributed by atoms with E-state index in [-0.39, 0.29) is 720 Å². The molecule has 91 heteroatoms. The lowest BCUT2D eigenvalue weighted by atomic mass is 14.0. The molecule has 0 aromatic carbocycles. The van der Waals surface area contributed by atoms with Crippen LogP contribution in [-0.2, 0) is 0 Å². The summed E-state index contributed by atoms with van der Waals surface area (Å²) in [5.41, 5.74) is 0. The van der Waals surface area contributed by atoms with Gasteiger partial charge in [-0.3, -0.25) is 0 Å². The Morgan fingerprint density at radius 1 is 0.0220 bits per heavy atom. The third kappa shape index (κ3) is 71800. The van der Waals surface area contributed by atoms with Crippen LogP contribution in [0.1, 0.15) is 0 Å². The zero-order valence-electron chi connectivity index (χ0n) is 61.7. The first kappa shape index (κ1) is 75800. The summed E-state index contributed by atoms with van der Waals surface area (Å²) in [6.45, 7) is 0. The predicted octanol–water partition coefficient (Wildman–Crippen LogP) is 18.8. The average Bonchev–Trinajstić information content (AvgIpc) is 0. The van der Waals surface area contributed by atoms with Crippen LogP contribution in [0.4, 0.5) is 0 Å². The van der Waals surface area contributed by atoms with E-state index in [0.29, 0.717) is 0 Å². The second kappa shape index (κ2) is 73400. The molecular formula is H255I9N82. The van der Waals surface area contributed by atoms with Gasteiger partial charge in [0.2, 0.25) is 0 Å². The molecule has 82 nitrogen and oxygen atoms in total. The van der Waals surface area contributed by atoms with Crippen LogP contribution >= 0.6 is 216 Å². The van der Waals surface area contributed by atoms with E-state index in [4.69, 9.17) is 0 Å². The molecule has 0 aliphatic rings. The molecule has 0 aliphatic heterocycles. The summed E-state index contributed by atoms with van der Waals surface area (Å²) in [5, 5.41) is 0. The van der Waals surface area contributed by atoms with Gasteiger partial charge < -0.3 is 504 Å². The van der Waals surface area contributed by atoms with Crippen LogP contribution in [0.5, 0.6) is 0 Å². The van der Waals surface area contributed by atoms with Crippen LogP contribution in [0.3, 0.4) is 0 Å². The van der Waals surface area contributed by atoms with Crippen molar-refractivity contribution in [1.82, 2.24) is 504 Å². The van der Waals surface area contributed by atoms with Crippen molar-refractivity contribution in [2.24, 2.45) is 0 Å². The number of hydrogen-bond acceptors (Lipinski definition) is 82. The van der Waals surface area contributed by atoms with Gasteiger partial charge in [0.1, 0.15) is 0 Å². The molecule has 728 valence electrons. The Morgan fingerprint density at radius 2 is 0.0220 bits per heavy atom. The van der Waals surface area contributed by atoms with E-state index in [1.54, 1.807) is 0 Å². The minimum atomic E-state index is 0. The zero-order chi connectivity index (χ0) is 0. The first-order chi connectivity index (χ1) is 0. The lowest BCUT2D eigenvalue weighted by Gasteiger charge is -0.345. The van der Waals surface area contributed by atoms with Gasteiger partial charge in [-0.05, 0) is 0 Å². The van der Waals surface area contributed by atoms with Crippen molar-refractivity contribution in [3.63, 3.8) is 0 Å². The van der Waals surface area contributed by atoms with E-state index in [9.17, 15) is 0 Å². The maximum Gasteiger partial charge on any atom is -0.107 e. The van der Waals surface area contributed by atoms with Gasteiger partial charge >= 0.3 is 0 Å². The Morgan fingerprint density at radius 3 is 0.0220 bits per heavy atom. The van der Waals surface area contributed by atoms with Gasteiger partial charge in [-0.25, -0.2) is 0 Å². The summed E-state index contributed by atoms with van der Waals surface area (Å²) < 4.78 is 0. The molecule has 0 saturated heterocycles. The first-order valence-corrected chi connectivity index (χ1v) is 0. The van der Waals surface area contributed by atoms with Crippen LogP contribution in [0.15, 0.2) is 0 Å². The van der Waals surface area contributed by atoms with Gasteiger partial charge in [-0.1, -0.05) is 0 Å². The molecule has 0 fully saturated rings. The molecule has 246 N–H and O–H groups in total. The molecule has 0 aromatic heterocycles. The van der Waals surface area contributed by atoms with Crippen molar-refractivity contribution >= 4 is 216 Å². The molecule has 0 spiro atoms. The molecule has 0 bridgehead atoms. The molecule has 0 saturated carbocycles. The van der Waals surface area contributed by atoms with Crippen molar-refractivity contribution in [1.29, 1.82) is 0 Å². The summed E-state index contributed by atoms with van der Waals surface area (Å²) in [6.07, 6.45) is 0. The minimum Gasteiger partial charge on any atom is -0.344 e. The van der Waals surface area contributed by atoms with E-state index in [0.717, 1.165) is 0 Å². The topological polar surface area (TPSA) is 2870 Å². The second-order valence-corrected chi connectivity index (χ2v) is 0. The first-order valence-electron chi connectivity index (χ1n) is 0. The normalized spacial score (nSPS) is 0. The minimum absolute atomic E-state index is 0. The maximum absolute atomic E-state index is 0. The highest BCUT2D eigenvalue weighted by molar-refractivity contribution is 14.0. The van der Waals surface area contributed by atoms with Crippen molar-refractivity contribution in [2.45, 2.75) is 0 Å². The summed E-state index contributed by atoms with van der Waals surface area (Å²) in [5.74, 6) is 0. The SMILES string of the molecule is I.I.I.I.I.I.I.I.I.N.N.N.N.N.N.N.N.N.N.N.N.N.N.N.N.N.N.N.N.N.N.N.N.N.N.N.N.N.N.N.N.N.N.N.N.N.N.N.N.N.N.N.N.N.N.N.N.N.N.N.N.N.N.N.N.N.N.N.N.N.N.N.N.N.N.N.N.N.N.N.N.N.N.N.N.N.N.N.N.N.N. The molecular weight excluding hydrogens is 2290 g/mol. The standard InChI is InChI=1S/9HI.82H3N/h9*1H;82*1H3. The molecule has 0 radical (unpaired) electrons. The lowest BCUT2D eigenvalue weighted by molar-refractivity contribution is 2.13. The quantitative estimate of drug-likeness (QED) is 0.100. The monoisotopic (exact) mass is 2550 g/mol. The fourth-order valence-electron chi connectivity index (χ4n) is 0. The smallest absolute Gasteiger partial charge is 0.107 e. The summed E-state index contributed by atoms with van der Waals surface area (Å²) in [7, 11) is 0. The van der Waals surface area contributed by atoms with Crippen molar-refractivity contribution in [2.75, 3.05) is 0 Å². The second-order valence-electron chi connectivity index (χ2n) is 0. The Kier molecular flexibility index (Phi) is 61200000. The van der Waals surface area contributed by atoms with Gasteiger partial charge in [0, 0.05) is 0 Å².